The predicted octanol–water partition coefficient (Wildman–Crippen LogP) is 3.22. The van der Waals surface area contributed by atoms with E-state index in [0.717, 1.165) is 24.3 Å². The van der Waals surface area contributed by atoms with Crippen molar-refractivity contribution in [1.29, 1.82) is 0 Å². The molecule has 5 rings (SSSR count). The van der Waals surface area contributed by atoms with Crippen molar-refractivity contribution in [2.75, 3.05) is 12.3 Å². The molecule has 112 valence electrons. The lowest BCUT2D eigenvalue weighted by atomic mass is 9.49. The number of nitrogens with one attached hydrogen (secondary N) is 1. The van der Waals surface area contributed by atoms with E-state index in [4.69, 9.17) is 5.73 Å². The first kappa shape index (κ1) is 13.2. The van der Waals surface area contributed by atoms with Crippen molar-refractivity contribution in [3.8, 4) is 0 Å². The number of carbonyl (C=O) groups excluding carboxylic acids is 1. The first-order chi connectivity index (χ1) is 10.1. The van der Waals surface area contributed by atoms with Crippen molar-refractivity contribution in [1.82, 2.24) is 5.32 Å². The Kier molecular flexibility index (Phi) is 2.98. The molecule has 1 amide bonds. The van der Waals surface area contributed by atoms with Gasteiger partial charge in [-0.3, -0.25) is 4.79 Å². The summed E-state index contributed by atoms with van der Waals surface area (Å²) in [5.74, 6) is 2.82. The average Bonchev–Trinajstić information content (AvgIpc) is 2.43. The second-order valence-corrected chi connectivity index (χ2v) is 7.73. The summed E-state index contributed by atoms with van der Waals surface area (Å²) in [5.41, 5.74) is 7.48. The molecule has 1 aromatic carbocycles. The van der Waals surface area contributed by atoms with E-state index in [1.165, 1.54) is 38.5 Å². The molecule has 0 radical (unpaired) electrons. The van der Waals surface area contributed by atoms with Gasteiger partial charge < -0.3 is 11.1 Å². The summed E-state index contributed by atoms with van der Waals surface area (Å²) in [7, 11) is 0. The van der Waals surface area contributed by atoms with E-state index in [0.29, 0.717) is 16.7 Å². The smallest absolute Gasteiger partial charge is 0.251 e. The zero-order chi connectivity index (χ0) is 14.4. The maximum atomic E-state index is 12.3. The Bertz CT molecular complexity index is 531. The molecule has 0 unspecified atom stereocenters. The molecule has 0 atom stereocenters. The van der Waals surface area contributed by atoms with Gasteiger partial charge in [-0.2, -0.15) is 0 Å². The molecule has 0 saturated heterocycles. The first-order valence-electron chi connectivity index (χ1n) is 8.26. The number of nitrogen functional groups attached to an aromatic ring is 1. The van der Waals surface area contributed by atoms with E-state index in [9.17, 15) is 4.79 Å². The van der Waals surface area contributed by atoms with Gasteiger partial charge in [0.15, 0.2) is 0 Å². The lowest BCUT2D eigenvalue weighted by Crippen LogP contribution is -2.51. The van der Waals surface area contributed by atoms with Gasteiger partial charge in [-0.05, 0) is 79.9 Å². The van der Waals surface area contributed by atoms with Gasteiger partial charge in [-0.15, -0.1) is 0 Å². The van der Waals surface area contributed by atoms with E-state index in [1.54, 1.807) is 6.07 Å². The van der Waals surface area contributed by atoms with Crippen LogP contribution < -0.4 is 11.1 Å². The lowest BCUT2D eigenvalue weighted by molar-refractivity contribution is -0.0503. The summed E-state index contributed by atoms with van der Waals surface area (Å²) >= 11 is 0. The molecule has 0 aromatic heterocycles. The number of amides is 1. The number of carbonyl (C=O) groups is 1. The predicted molar refractivity (Wildman–Crippen MR) is 83.8 cm³/mol. The van der Waals surface area contributed by atoms with Crippen molar-refractivity contribution < 1.29 is 4.79 Å². The second kappa shape index (κ2) is 4.75. The minimum atomic E-state index is 0.0260. The Labute approximate surface area is 126 Å². The normalized spacial score (nSPS) is 36.7. The highest BCUT2D eigenvalue weighted by atomic mass is 16.1. The van der Waals surface area contributed by atoms with Gasteiger partial charge in [0.05, 0.1) is 0 Å². The Morgan fingerprint density at radius 2 is 1.76 bits per heavy atom. The van der Waals surface area contributed by atoms with Crippen LogP contribution in [0.5, 0.6) is 0 Å². The summed E-state index contributed by atoms with van der Waals surface area (Å²) in [6, 6.07) is 7.26. The van der Waals surface area contributed by atoms with E-state index in [2.05, 4.69) is 5.32 Å². The van der Waals surface area contributed by atoms with E-state index < -0.39 is 0 Å². The quantitative estimate of drug-likeness (QED) is 0.837. The van der Waals surface area contributed by atoms with Gasteiger partial charge in [0.1, 0.15) is 0 Å². The van der Waals surface area contributed by atoms with Crippen LogP contribution in [0, 0.1) is 23.2 Å². The molecule has 4 aliphatic rings. The van der Waals surface area contributed by atoms with Crippen LogP contribution in [0.4, 0.5) is 5.69 Å². The lowest BCUT2D eigenvalue weighted by Gasteiger charge is -2.56. The van der Waals surface area contributed by atoms with Crippen LogP contribution in [0.2, 0.25) is 0 Å². The number of nitrogens with two attached hydrogens (primary N) is 1. The number of benzene rings is 1. The molecular formula is C18H24N2O. The number of hydrogen-bond acceptors (Lipinski definition) is 2. The highest BCUT2D eigenvalue weighted by Crippen LogP contribution is 2.59. The highest BCUT2D eigenvalue weighted by Gasteiger charge is 2.50. The third kappa shape index (κ3) is 2.43. The number of anilines is 1. The van der Waals surface area contributed by atoms with Crippen LogP contribution in [0.3, 0.4) is 0 Å². The molecule has 21 heavy (non-hydrogen) atoms. The Hall–Kier alpha value is -1.51. The third-order valence-electron chi connectivity index (χ3n) is 5.94. The number of rotatable bonds is 3. The van der Waals surface area contributed by atoms with Crippen molar-refractivity contribution >= 4 is 11.6 Å². The Morgan fingerprint density at radius 3 is 2.33 bits per heavy atom. The van der Waals surface area contributed by atoms with Gasteiger partial charge in [0.2, 0.25) is 0 Å². The largest absolute Gasteiger partial charge is 0.399 e. The van der Waals surface area contributed by atoms with Crippen LogP contribution in [0.25, 0.3) is 0 Å². The summed E-state index contributed by atoms with van der Waals surface area (Å²) in [6.45, 7) is 0.851. The summed E-state index contributed by atoms with van der Waals surface area (Å²) in [5, 5.41) is 3.19. The fourth-order valence-electron chi connectivity index (χ4n) is 5.56. The van der Waals surface area contributed by atoms with E-state index in [1.807, 2.05) is 18.2 Å². The molecular weight excluding hydrogens is 260 g/mol. The van der Waals surface area contributed by atoms with Gasteiger partial charge >= 0.3 is 0 Å². The standard InChI is InChI=1S/C18H24N2O/c19-16-3-1-2-15(7-16)17(21)20-11-18-8-12-4-13(9-18)6-14(5-12)10-18/h1-3,7,12-14H,4-6,8-11,19H2,(H,20,21). The fraction of sp³-hybridized carbons (Fsp3) is 0.611. The van der Waals surface area contributed by atoms with Crippen LogP contribution in [-0.4, -0.2) is 12.5 Å². The summed E-state index contributed by atoms with van der Waals surface area (Å²) < 4.78 is 0. The second-order valence-electron chi connectivity index (χ2n) is 7.73. The molecule has 4 saturated carbocycles. The Balaban J connectivity index is 1.44. The maximum Gasteiger partial charge on any atom is 0.251 e. The van der Waals surface area contributed by atoms with Gasteiger partial charge in [-0.1, -0.05) is 6.07 Å². The van der Waals surface area contributed by atoms with Crippen LogP contribution in [0.1, 0.15) is 48.9 Å². The number of hydrogen-bond donors (Lipinski definition) is 2. The van der Waals surface area contributed by atoms with Gasteiger partial charge in [0.25, 0.3) is 5.91 Å². The van der Waals surface area contributed by atoms with Crippen LogP contribution in [-0.2, 0) is 0 Å². The third-order valence-corrected chi connectivity index (χ3v) is 5.94. The zero-order valence-corrected chi connectivity index (χ0v) is 12.5. The van der Waals surface area contributed by atoms with Gasteiger partial charge in [-0.25, -0.2) is 0 Å². The van der Waals surface area contributed by atoms with E-state index in [-0.39, 0.29) is 5.91 Å². The molecule has 3 heteroatoms. The van der Waals surface area contributed by atoms with Crippen molar-refractivity contribution in [2.24, 2.45) is 23.2 Å². The summed E-state index contributed by atoms with van der Waals surface area (Å²) in [6.07, 6.45) is 8.33. The molecule has 4 fully saturated rings. The molecule has 0 heterocycles. The van der Waals surface area contributed by atoms with Crippen LogP contribution >= 0.6 is 0 Å². The maximum absolute atomic E-state index is 12.3. The van der Waals surface area contributed by atoms with E-state index >= 15 is 0 Å². The summed E-state index contributed by atoms with van der Waals surface area (Å²) in [4.78, 5) is 12.3. The topological polar surface area (TPSA) is 55.1 Å². The minimum Gasteiger partial charge on any atom is -0.399 e. The minimum absolute atomic E-state index is 0.0260. The Morgan fingerprint density at radius 1 is 1.14 bits per heavy atom. The molecule has 0 spiro atoms. The molecule has 4 bridgehead atoms. The SMILES string of the molecule is Nc1cccc(C(=O)NCC23CC4CC(CC(C4)C2)C3)c1. The fourth-order valence-corrected chi connectivity index (χ4v) is 5.56. The van der Waals surface area contributed by atoms with Crippen molar-refractivity contribution in [2.45, 2.75) is 38.5 Å². The molecule has 1 aromatic rings. The monoisotopic (exact) mass is 284 g/mol. The average molecular weight is 284 g/mol. The molecule has 0 aliphatic heterocycles. The van der Waals surface area contributed by atoms with Crippen LogP contribution in [0.15, 0.2) is 24.3 Å². The molecule has 3 nitrogen and oxygen atoms in total. The zero-order valence-electron chi connectivity index (χ0n) is 12.5. The molecule has 3 N–H and O–H groups in total. The van der Waals surface area contributed by atoms with Gasteiger partial charge in [0, 0.05) is 17.8 Å². The van der Waals surface area contributed by atoms with Crippen molar-refractivity contribution in [3.63, 3.8) is 0 Å². The molecule has 4 aliphatic carbocycles. The van der Waals surface area contributed by atoms with Crippen molar-refractivity contribution in [3.05, 3.63) is 29.8 Å². The first-order valence-corrected chi connectivity index (χ1v) is 8.26. The highest BCUT2D eigenvalue weighted by molar-refractivity contribution is 5.95.